The second-order valence-corrected chi connectivity index (χ2v) is 5.40. The molecule has 0 atom stereocenters. The van der Waals surface area contributed by atoms with Gasteiger partial charge in [0.25, 0.3) is 0 Å². The molecule has 1 aliphatic heterocycles. The van der Waals surface area contributed by atoms with Crippen LogP contribution in [0.2, 0.25) is 0 Å². The van der Waals surface area contributed by atoms with Gasteiger partial charge >= 0.3 is 0 Å². The summed E-state index contributed by atoms with van der Waals surface area (Å²) in [5.41, 5.74) is 0.530. The molecule has 1 aromatic carbocycles. The topological polar surface area (TPSA) is 48.7 Å². The average molecular weight is 349 g/mol. The molecule has 1 aromatic heterocycles. The summed E-state index contributed by atoms with van der Waals surface area (Å²) in [6, 6.07) is 7.04. The molecule has 2 aromatic rings. The van der Waals surface area contributed by atoms with Crippen molar-refractivity contribution in [3.8, 4) is 11.5 Å². The number of fused-ring (bicyclic) bond motifs is 1. The van der Waals surface area contributed by atoms with Crippen molar-refractivity contribution in [1.82, 2.24) is 0 Å². The van der Waals surface area contributed by atoms with Gasteiger partial charge in [-0.3, -0.25) is 4.79 Å². The summed E-state index contributed by atoms with van der Waals surface area (Å²) in [4.78, 5) is 12.3. The Hall–Kier alpha value is -2.01. The molecule has 108 valence electrons. The summed E-state index contributed by atoms with van der Waals surface area (Å²) < 4.78 is 17.0. The highest BCUT2D eigenvalue weighted by molar-refractivity contribution is 9.10. The van der Waals surface area contributed by atoms with E-state index >= 15 is 0 Å². The molecule has 3 rings (SSSR count). The van der Waals surface area contributed by atoms with Crippen molar-refractivity contribution in [1.29, 1.82) is 0 Å². The van der Waals surface area contributed by atoms with Crippen LogP contribution in [0.1, 0.15) is 22.5 Å². The molecule has 0 N–H and O–H groups in total. The maximum Gasteiger partial charge on any atom is 0.187 e. The average Bonchev–Trinajstić information content (AvgIpc) is 2.89. The quantitative estimate of drug-likeness (QED) is 0.618. The highest BCUT2D eigenvalue weighted by Crippen LogP contribution is 2.35. The van der Waals surface area contributed by atoms with Gasteiger partial charge < -0.3 is 13.9 Å². The van der Waals surface area contributed by atoms with Crippen LogP contribution in [-0.2, 0) is 0 Å². The van der Waals surface area contributed by atoms with Gasteiger partial charge in [0.15, 0.2) is 17.3 Å². The van der Waals surface area contributed by atoms with E-state index in [0.717, 1.165) is 6.42 Å². The summed E-state index contributed by atoms with van der Waals surface area (Å²) in [5.74, 6) is 1.76. The molecule has 0 bridgehead atoms. The Kier molecular flexibility index (Phi) is 4.10. The number of hydrogen-bond acceptors (Lipinski definition) is 4. The van der Waals surface area contributed by atoms with E-state index in [2.05, 4.69) is 15.9 Å². The summed E-state index contributed by atoms with van der Waals surface area (Å²) >= 11 is 3.41. The Labute approximate surface area is 130 Å². The van der Waals surface area contributed by atoms with Gasteiger partial charge in [-0.2, -0.15) is 0 Å². The van der Waals surface area contributed by atoms with E-state index in [4.69, 9.17) is 13.9 Å². The number of allylic oxidation sites excluding steroid dienone is 1. The lowest BCUT2D eigenvalue weighted by molar-refractivity contribution is 0.104. The van der Waals surface area contributed by atoms with Crippen molar-refractivity contribution >= 4 is 27.8 Å². The number of carbonyl (C=O) groups is 1. The van der Waals surface area contributed by atoms with Crippen molar-refractivity contribution in [2.24, 2.45) is 0 Å². The van der Waals surface area contributed by atoms with Crippen LogP contribution in [0.25, 0.3) is 6.08 Å². The fourth-order valence-corrected chi connectivity index (χ4v) is 2.52. The van der Waals surface area contributed by atoms with Crippen LogP contribution < -0.4 is 9.47 Å². The molecule has 5 heteroatoms. The van der Waals surface area contributed by atoms with Crippen LogP contribution in [-0.4, -0.2) is 19.0 Å². The summed E-state index contributed by atoms with van der Waals surface area (Å²) in [6.45, 7) is 1.20. The van der Waals surface area contributed by atoms with Crippen LogP contribution in [0, 0.1) is 0 Å². The lowest BCUT2D eigenvalue weighted by atomic mass is 10.1. The second kappa shape index (κ2) is 6.18. The van der Waals surface area contributed by atoms with Gasteiger partial charge in [0, 0.05) is 16.5 Å². The Morgan fingerprint density at radius 2 is 1.95 bits per heavy atom. The van der Waals surface area contributed by atoms with E-state index < -0.39 is 0 Å². The predicted octanol–water partition coefficient (Wildman–Crippen LogP) is 4.10. The maximum atomic E-state index is 12.3. The van der Waals surface area contributed by atoms with E-state index in [1.807, 2.05) is 0 Å². The van der Waals surface area contributed by atoms with Crippen LogP contribution in [0.15, 0.2) is 45.5 Å². The molecular formula is C16H13BrO4. The SMILES string of the molecule is O=C(C=Cc1ccco1)c1cc2c(cc1Br)OCCCO2. The molecule has 4 nitrogen and oxygen atoms in total. The minimum absolute atomic E-state index is 0.131. The predicted molar refractivity (Wildman–Crippen MR) is 81.8 cm³/mol. The van der Waals surface area contributed by atoms with Crippen LogP contribution in [0.4, 0.5) is 0 Å². The third kappa shape index (κ3) is 3.19. The third-order valence-electron chi connectivity index (χ3n) is 3.04. The van der Waals surface area contributed by atoms with E-state index in [0.29, 0.717) is 40.5 Å². The molecule has 0 fully saturated rings. The zero-order chi connectivity index (χ0) is 14.7. The number of ether oxygens (including phenoxy) is 2. The molecular weight excluding hydrogens is 336 g/mol. The van der Waals surface area contributed by atoms with Crippen LogP contribution in [0.3, 0.4) is 0 Å². The molecule has 1 aliphatic rings. The van der Waals surface area contributed by atoms with Crippen molar-refractivity contribution in [3.63, 3.8) is 0 Å². The van der Waals surface area contributed by atoms with Gasteiger partial charge in [0.05, 0.1) is 19.5 Å². The molecule has 21 heavy (non-hydrogen) atoms. The second-order valence-electron chi connectivity index (χ2n) is 4.54. The third-order valence-corrected chi connectivity index (χ3v) is 3.70. The standard InChI is InChI=1S/C16H13BrO4/c17-13-10-16-15(20-7-2-8-21-16)9-12(13)14(18)5-4-11-3-1-6-19-11/h1,3-6,9-10H,2,7-8H2. The lowest BCUT2D eigenvalue weighted by Crippen LogP contribution is -1.99. The van der Waals surface area contributed by atoms with Gasteiger partial charge in [-0.15, -0.1) is 0 Å². The first kappa shape index (κ1) is 13.9. The monoisotopic (exact) mass is 348 g/mol. The molecule has 0 amide bonds. The Morgan fingerprint density at radius 3 is 2.67 bits per heavy atom. The Balaban J connectivity index is 1.87. The van der Waals surface area contributed by atoms with Gasteiger partial charge in [-0.1, -0.05) is 0 Å². The zero-order valence-corrected chi connectivity index (χ0v) is 12.8. The van der Waals surface area contributed by atoms with Crippen LogP contribution >= 0.6 is 15.9 Å². The summed E-state index contributed by atoms with van der Waals surface area (Å²) in [6.07, 6.45) is 5.50. The van der Waals surface area contributed by atoms with Crippen LogP contribution in [0.5, 0.6) is 11.5 Å². The summed E-state index contributed by atoms with van der Waals surface area (Å²) in [5, 5.41) is 0. The molecule has 0 aliphatic carbocycles. The zero-order valence-electron chi connectivity index (χ0n) is 11.2. The van der Waals surface area contributed by atoms with Crippen molar-refractivity contribution < 1.29 is 18.7 Å². The van der Waals surface area contributed by atoms with Gasteiger partial charge in [0.1, 0.15) is 5.76 Å². The number of ketones is 1. The highest BCUT2D eigenvalue weighted by atomic mass is 79.9. The van der Waals surface area contributed by atoms with Gasteiger partial charge in [0.2, 0.25) is 0 Å². The normalized spacial score (nSPS) is 14.1. The molecule has 0 spiro atoms. The molecule has 0 saturated heterocycles. The van der Waals surface area contributed by atoms with E-state index in [1.165, 1.54) is 6.08 Å². The first-order chi connectivity index (χ1) is 10.2. The number of halogens is 1. The number of rotatable bonds is 3. The van der Waals surface area contributed by atoms with E-state index in [9.17, 15) is 4.79 Å². The lowest BCUT2D eigenvalue weighted by Gasteiger charge is -2.10. The largest absolute Gasteiger partial charge is 0.490 e. The minimum atomic E-state index is -0.131. The highest BCUT2D eigenvalue weighted by Gasteiger charge is 2.16. The number of carbonyl (C=O) groups excluding carboxylic acids is 1. The first-order valence-electron chi connectivity index (χ1n) is 6.59. The van der Waals surface area contributed by atoms with Gasteiger partial charge in [-0.05, 0) is 52.3 Å². The molecule has 0 unspecified atom stereocenters. The van der Waals surface area contributed by atoms with Crippen molar-refractivity contribution in [2.75, 3.05) is 13.2 Å². The van der Waals surface area contributed by atoms with E-state index in [-0.39, 0.29) is 5.78 Å². The fraction of sp³-hybridized carbons (Fsp3) is 0.188. The molecule has 0 saturated carbocycles. The minimum Gasteiger partial charge on any atom is -0.490 e. The Morgan fingerprint density at radius 1 is 1.19 bits per heavy atom. The van der Waals surface area contributed by atoms with E-state index in [1.54, 1.807) is 36.6 Å². The van der Waals surface area contributed by atoms with Gasteiger partial charge in [-0.25, -0.2) is 0 Å². The molecule has 2 heterocycles. The summed E-state index contributed by atoms with van der Waals surface area (Å²) in [7, 11) is 0. The van der Waals surface area contributed by atoms with Crippen molar-refractivity contribution in [2.45, 2.75) is 6.42 Å². The maximum absolute atomic E-state index is 12.3. The molecule has 0 radical (unpaired) electrons. The number of furan rings is 1. The first-order valence-corrected chi connectivity index (χ1v) is 7.38. The fourth-order valence-electron chi connectivity index (χ4n) is 2.01. The smallest absolute Gasteiger partial charge is 0.187 e. The number of benzene rings is 1. The van der Waals surface area contributed by atoms with Crippen molar-refractivity contribution in [3.05, 3.63) is 52.4 Å². The number of hydrogen-bond donors (Lipinski definition) is 0. The Bertz CT molecular complexity index is 674.